The fourth-order valence-corrected chi connectivity index (χ4v) is 2.60. The Balaban J connectivity index is 1.81. The predicted octanol–water partition coefficient (Wildman–Crippen LogP) is 3.03. The predicted molar refractivity (Wildman–Crippen MR) is 94.8 cm³/mol. The van der Waals surface area contributed by atoms with Gasteiger partial charge in [0.2, 0.25) is 0 Å². The average molecular weight is 335 g/mol. The van der Waals surface area contributed by atoms with Gasteiger partial charge in [0.05, 0.1) is 11.3 Å². The van der Waals surface area contributed by atoms with Crippen LogP contribution in [0.1, 0.15) is 34.0 Å². The third kappa shape index (κ3) is 4.11. The van der Waals surface area contributed by atoms with E-state index in [0.29, 0.717) is 17.7 Å². The van der Waals surface area contributed by atoms with Crippen LogP contribution in [-0.2, 0) is 4.74 Å². The van der Waals surface area contributed by atoms with Gasteiger partial charge in [-0.2, -0.15) is 5.10 Å². The molecule has 1 heterocycles. The van der Waals surface area contributed by atoms with E-state index in [2.05, 4.69) is 10.5 Å². The molecule has 3 N–H and O–H groups in total. The Morgan fingerprint density at radius 2 is 1.88 bits per heavy atom. The Morgan fingerprint density at radius 3 is 2.64 bits per heavy atom. The normalized spacial score (nSPS) is 16.6. The summed E-state index contributed by atoms with van der Waals surface area (Å²) in [5.74, 6) is -0.352. The maximum atomic E-state index is 11.9. The number of carbonyl (C=O) groups is 2. The molecule has 1 atom stereocenters. The maximum Gasteiger partial charge on any atom is 0.339 e. The summed E-state index contributed by atoms with van der Waals surface area (Å²) < 4.78 is 5.42. The summed E-state index contributed by atoms with van der Waals surface area (Å²) in [6, 6.07) is 16.1. The van der Waals surface area contributed by atoms with E-state index in [1.165, 1.54) is 0 Å². The minimum Gasteiger partial charge on any atom is -0.453 e. The van der Waals surface area contributed by atoms with E-state index in [0.717, 1.165) is 11.1 Å². The monoisotopic (exact) mass is 335 g/mol. The van der Waals surface area contributed by atoms with Crippen LogP contribution in [0.5, 0.6) is 0 Å². The SMILES string of the molecule is NC(=O)N/N=C(/C=C/c1ccccc1)CC1OC(=O)c2ccccc21. The van der Waals surface area contributed by atoms with Crippen molar-refractivity contribution in [3.8, 4) is 0 Å². The quantitative estimate of drug-likeness (QED) is 0.499. The van der Waals surface area contributed by atoms with Gasteiger partial charge in [0.1, 0.15) is 6.10 Å². The van der Waals surface area contributed by atoms with E-state index in [1.807, 2.05) is 48.5 Å². The number of hydrogen-bond donors (Lipinski definition) is 2. The number of nitrogens with two attached hydrogens (primary N) is 1. The molecule has 0 saturated heterocycles. The number of nitrogens with zero attached hydrogens (tertiary/aromatic N) is 1. The van der Waals surface area contributed by atoms with Gasteiger partial charge in [-0.1, -0.05) is 54.6 Å². The summed E-state index contributed by atoms with van der Waals surface area (Å²) in [6.07, 6.45) is 3.51. The molecule has 0 saturated carbocycles. The van der Waals surface area contributed by atoms with Gasteiger partial charge >= 0.3 is 12.0 Å². The van der Waals surface area contributed by atoms with Crippen molar-refractivity contribution in [2.45, 2.75) is 12.5 Å². The zero-order valence-electron chi connectivity index (χ0n) is 13.4. The molecule has 0 spiro atoms. The minimum atomic E-state index is -0.755. The number of ether oxygens (including phenoxy) is 1. The second-order valence-corrected chi connectivity index (χ2v) is 5.51. The van der Waals surface area contributed by atoms with Crippen LogP contribution < -0.4 is 11.2 Å². The summed E-state index contributed by atoms with van der Waals surface area (Å²) in [5.41, 5.74) is 10.2. The minimum absolute atomic E-state index is 0.326. The molecule has 1 unspecified atom stereocenters. The lowest BCUT2D eigenvalue weighted by Gasteiger charge is -2.10. The number of hydrazone groups is 1. The molecule has 0 radical (unpaired) electrons. The molecular weight excluding hydrogens is 318 g/mol. The van der Waals surface area contributed by atoms with Gasteiger partial charge in [0.15, 0.2) is 0 Å². The van der Waals surface area contributed by atoms with Crippen LogP contribution in [0.15, 0.2) is 65.8 Å². The molecule has 1 aliphatic rings. The van der Waals surface area contributed by atoms with Crippen molar-refractivity contribution in [2.75, 3.05) is 0 Å². The molecule has 25 heavy (non-hydrogen) atoms. The van der Waals surface area contributed by atoms with Crippen molar-refractivity contribution >= 4 is 23.8 Å². The van der Waals surface area contributed by atoms with Gasteiger partial charge in [-0.25, -0.2) is 15.0 Å². The number of benzene rings is 2. The van der Waals surface area contributed by atoms with E-state index in [1.54, 1.807) is 18.2 Å². The number of cyclic esters (lactones) is 1. The number of urea groups is 1. The summed E-state index contributed by atoms with van der Waals surface area (Å²) in [6.45, 7) is 0. The fourth-order valence-electron chi connectivity index (χ4n) is 2.60. The van der Waals surface area contributed by atoms with Crippen LogP contribution in [0.4, 0.5) is 4.79 Å². The number of esters is 1. The number of hydrogen-bond acceptors (Lipinski definition) is 4. The van der Waals surface area contributed by atoms with E-state index in [4.69, 9.17) is 10.5 Å². The standard InChI is InChI=1S/C19H17N3O3/c20-19(24)22-21-14(11-10-13-6-2-1-3-7-13)12-17-15-8-4-5-9-16(15)18(23)25-17/h1-11,17H,12H2,(H3,20,22,24)/b11-10+,21-14-. The van der Waals surface area contributed by atoms with Crippen LogP contribution in [0.3, 0.4) is 0 Å². The third-order valence-electron chi connectivity index (χ3n) is 3.75. The molecule has 2 aromatic rings. The van der Waals surface area contributed by atoms with Gasteiger partial charge in [-0.15, -0.1) is 0 Å². The van der Waals surface area contributed by atoms with Crippen LogP contribution in [-0.4, -0.2) is 17.7 Å². The Hall–Kier alpha value is -3.41. The second-order valence-electron chi connectivity index (χ2n) is 5.51. The topological polar surface area (TPSA) is 93.8 Å². The molecule has 0 fully saturated rings. The largest absolute Gasteiger partial charge is 0.453 e. The number of rotatable bonds is 5. The highest BCUT2D eigenvalue weighted by atomic mass is 16.5. The van der Waals surface area contributed by atoms with Gasteiger partial charge in [0.25, 0.3) is 0 Å². The Kier molecular flexibility index (Phi) is 4.89. The zero-order valence-corrected chi connectivity index (χ0v) is 13.4. The van der Waals surface area contributed by atoms with Gasteiger partial charge < -0.3 is 10.5 Å². The molecule has 2 amide bonds. The molecule has 6 heteroatoms. The summed E-state index contributed by atoms with van der Waals surface area (Å²) in [5, 5.41) is 4.01. The molecule has 6 nitrogen and oxygen atoms in total. The first kappa shape index (κ1) is 16.4. The number of carbonyl (C=O) groups excluding carboxylic acids is 2. The maximum absolute atomic E-state index is 11.9. The van der Waals surface area contributed by atoms with E-state index in [-0.39, 0.29) is 5.97 Å². The first-order chi connectivity index (χ1) is 12.1. The molecule has 0 bridgehead atoms. The lowest BCUT2D eigenvalue weighted by Crippen LogP contribution is -2.25. The zero-order chi connectivity index (χ0) is 17.6. The lowest BCUT2D eigenvalue weighted by molar-refractivity contribution is 0.0400. The summed E-state index contributed by atoms with van der Waals surface area (Å²) in [7, 11) is 0. The van der Waals surface area contributed by atoms with E-state index in [9.17, 15) is 9.59 Å². The molecular formula is C19H17N3O3. The smallest absolute Gasteiger partial charge is 0.339 e. The number of amides is 2. The van der Waals surface area contributed by atoms with Crippen LogP contribution in [0.2, 0.25) is 0 Å². The lowest BCUT2D eigenvalue weighted by atomic mass is 10.0. The highest BCUT2D eigenvalue weighted by Gasteiger charge is 2.31. The molecule has 1 aliphatic heterocycles. The summed E-state index contributed by atoms with van der Waals surface area (Å²) in [4.78, 5) is 22.9. The van der Waals surface area contributed by atoms with Crippen molar-refractivity contribution in [3.05, 3.63) is 77.4 Å². The average Bonchev–Trinajstić information content (AvgIpc) is 2.94. The second kappa shape index (κ2) is 7.44. The molecule has 3 rings (SSSR count). The number of nitrogens with one attached hydrogen (secondary N) is 1. The first-order valence-corrected chi connectivity index (χ1v) is 7.78. The van der Waals surface area contributed by atoms with Gasteiger partial charge in [-0.05, 0) is 17.7 Å². The highest BCUT2D eigenvalue weighted by molar-refractivity contribution is 6.00. The van der Waals surface area contributed by atoms with Gasteiger partial charge in [-0.3, -0.25) is 0 Å². The van der Waals surface area contributed by atoms with Gasteiger partial charge in [0, 0.05) is 12.0 Å². The third-order valence-corrected chi connectivity index (χ3v) is 3.75. The van der Waals surface area contributed by atoms with Crippen molar-refractivity contribution in [1.82, 2.24) is 5.43 Å². The highest BCUT2D eigenvalue weighted by Crippen LogP contribution is 2.33. The Bertz CT molecular complexity index is 844. The Labute approximate surface area is 145 Å². The summed E-state index contributed by atoms with van der Waals surface area (Å²) >= 11 is 0. The number of allylic oxidation sites excluding steroid dienone is 1. The van der Waals surface area contributed by atoms with Crippen molar-refractivity contribution in [3.63, 3.8) is 0 Å². The molecule has 0 aliphatic carbocycles. The number of fused-ring (bicyclic) bond motifs is 1. The van der Waals surface area contributed by atoms with Crippen molar-refractivity contribution < 1.29 is 14.3 Å². The van der Waals surface area contributed by atoms with Crippen LogP contribution >= 0.6 is 0 Å². The Morgan fingerprint density at radius 1 is 1.16 bits per heavy atom. The van der Waals surface area contributed by atoms with E-state index >= 15 is 0 Å². The van der Waals surface area contributed by atoms with Crippen molar-refractivity contribution in [2.24, 2.45) is 10.8 Å². The number of primary amides is 1. The first-order valence-electron chi connectivity index (χ1n) is 7.78. The van der Waals surface area contributed by atoms with Crippen LogP contribution in [0.25, 0.3) is 6.08 Å². The van der Waals surface area contributed by atoms with Crippen molar-refractivity contribution in [1.29, 1.82) is 0 Å². The van der Waals surface area contributed by atoms with E-state index < -0.39 is 12.1 Å². The molecule has 126 valence electrons. The molecule has 2 aromatic carbocycles. The fraction of sp³-hybridized carbons (Fsp3) is 0.105. The molecule has 0 aromatic heterocycles. The van der Waals surface area contributed by atoms with Crippen LogP contribution in [0, 0.1) is 0 Å².